The molecule has 1 aromatic carbocycles. The first-order valence-electron chi connectivity index (χ1n) is 7.03. The van der Waals surface area contributed by atoms with E-state index >= 15 is 0 Å². The summed E-state index contributed by atoms with van der Waals surface area (Å²) in [6, 6.07) is 12.2. The van der Waals surface area contributed by atoms with Crippen LogP contribution in [0, 0.1) is 25.7 Å². The highest BCUT2D eigenvalue weighted by molar-refractivity contribution is 7.90. The second kappa shape index (κ2) is 6.07. The molecule has 0 fully saturated rings. The largest absolute Gasteiger partial charge is 0.268 e. The van der Waals surface area contributed by atoms with Crippen molar-refractivity contribution in [3.63, 3.8) is 0 Å². The van der Waals surface area contributed by atoms with Gasteiger partial charge in [-0.25, -0.2) is 12.4 Å². The highest BCUT2D eigenvalue weighted by Gasteiger charge is 2.19. The summed E-state index contributed by atoms with van der Waals surface area (Å²) < 4.78 is 26.8. The number of nitrogens with zero attached hydrogens (tertiary/aromatic N) is 1. The molecule has 3 rings (SSSR count). The molecule has 0 unspecified atom stereocenters. The fourth-order valence-electron chi connectivity index (χ4n) is 2.33. The lowest BCUT2D eigenvalue weighted by Gasteiger charge is -2.10. The lowest BCUT2D eigenvalue weighted by molar-refractivity contribution is 0.585. The molecule has 0 atom stereocenters. The Balaban J connectivity index is 1.93. The van der Waals surface area contributed by atoms with Crippen LogP contribution in [-0.2, 0) is 10.0 Å². The van der Waals surface area contributed by atoms with Gasteiger partial charge in [0.05, 0.1) is 4.90 Å². The third-order valence-electron chi connectivity index (χ3n) is 3.47. The Hall–Kier alpha value is -2.29. The number of hydrogen-bond donors (Lipinski definition) is 0. The predicted molar refractivity (Wildman–Crippen MR) is 93.2 cm³/mol. The smallest absolute Gasteiger partial charge is 0.243 e. The molecule has 23 heavy (non-hydrogen) atoms. The number of hydrogen-bond acceptors (Lipinski definition) is 3. The van der Waals surface area contributed by atoms with Gasteiger partial charge in [0.2, 0.25) is 0 Å². The van der Waals surface area contributed by atoms with Gasteiger partial charge in [0.15, 0.2) is 0 Å². The van der Waals surface area contributed by atoms with Gasteiger partial charge >= 0.3 is 0 Å². The Labute approximate surface area is 140 Å². The summed E-state index contributed by atoms with van der Waals surface area (Å²) in [5, 5.41) is 3.95. The van der Waals surface area contributed by atoms with E-state index in [4.69, 9.17) is 0 Å². The van der Waals surface area contributed by atoms with Gasteiger partial charge in [-0.2, -0.15) is 11.3 Å². The monoisotopic (exact) mass is 341 g/mol. The van der Waals surface area contributed by atoms with E-state index in [-0.39, 0.29) is 4.90 Å². The summed E-state index contributed by atoms with van der Waals surface area (Å²) in [5.74, 6) is 6.09. The number of rotatable bonds is 2. The van der Waals surface area contributed by atoms with Gasteiger partial charge in [-0.05, 0) is 61.7 Å². The molecule has 2 heterocycles. The summed E-state index contributed by atoms with van der Waals surface area (Å²) in [7, 11) is -3.56. The summed E-state index contributed by atoms with van der Waals surface area (Å²) in [4.78, 5) is 0.265. The van der Waals surface area contributed by atoms with Crippen LogP contribution in [0.4, 0.5) is 0 Å². The van der Waals surface area contributed by atoms with Crippen LogP contribution in [0.2, 0.25) is 0 Å². The average Bonchev–Trinajstić information content (AvgIpc) is 3.15. The van der Waals surface area contributed by atoms with Crippen LogP contribution in [0.1, 0.15) is 22.5 Å². The molecule has 0 aliphatic carbocycles. The Morgan fingerprint density at radius 1 is 0.870 bits per heavy atom. The molecule has 0 aliphatic rings. The first kappa shape index (κ1) is 15.6. The van der Waals surface area contributed by atoms with E-state index in [1.54, 1.807) is 61.6 Å². The molecule has 0 spiro atoms. The van der Waals surface area contributed by atoms with Gasteiger partial charge in [-0.1, -0.05) is 11.8 Å². The van der Waals surface area contributed by atoms with Gasteiger partial charge in [0.1, 0.15) is 0 Å². The lowest BCUT2D eigenvalue weighted by Crippen LogP contribution is -2.15. The molecular formula is C18H15NO2S2. The van der Waals surface area contributed by atoms with Crippen LogP contribution in [-0.4, -0.2) is 12.4 Å². The van der Waals surface area contributed by atoms with Crippen molar-refractivity contribution in [3.05, 3.63) is 75.7 Å². The first-order valence-corrected chi connectivity index (χ1v) is 9.41. The van der Waals surface area contributed by atoms with Crippen LogP contribution in [0.25, 0.3) is 0 Å². The van der Waals surface area contributed by atoms with Gasteiger partial charge in [-0.15, -0.1) is 0 Å². The highest BCUT2D eigenvalue weighted by atomic mass is 32.2. The molecule has 0 aliphatic heterocycles. The van der Waals surface area contributed by atoms with Crippen molar-refractivity contribution >= 4 is 21.4 Å². The van der Waals surface area contributed by atoms with E-state index in [1.165, 1.54) is 3.97 Å². The molecule has 2 aromatic heterocycles. The summed E-state index contributed by atoms with van der Waals surface area (Å²) in [5.41, 5.74) is 3.15. The Kier molecular flexibility index (Phi) is 4.12. The molecule has 0 saturated heterocycles. The summed E-state index contributed by atoms with van der Waals surface area (Å²) in [6.45, 7) is 3.57. The molecule has 5 heteroatoms. The van der Waals surface area contributed by atoms with E-state index in [0.29, 0.717) is 11.4 Å². The molecule has 0 bridgehead atoms. The zero-order valence-corrected chi connectivity index (χ0v) is 14.4. The Morgan fingerprint density at radius 3 is 2.04 bits per heavy atom. The van der Waals surface area contributed by atoms with Crippen molar-refractivity contribution in [2.24, 2.45) is 0 Å². The van der Waals surface area contributed by atoms with E-state index in [9.17, 15) is 8.42 Å². The topological polar surface area (TPSA) is 39.1 Å². The van der Waals surface area contributed by atoms with Crippen molar-refractivity contribution in [2.75, 3.05) is 0 Å². The number of aromatic nitrogens is 1. The van der Waals surface area contributed by atoms with Crippen molar-refractivity contribution in [2.45, 2.75) is 18.7 Å². The average molecular weight is 341 g/mol. The first-order chi connectivity index (χ1) is 11.0. The fraction of sp³-hybridized carbons (Fsp3) is 0.111. The standard InChI is InChI=1S/C18H15NO2S2/c1-14-3-4-15(2)19(14)23(20,21)18-9-7-16(8-10-18)5-6-17-11-12-22-13-17/h3-4,7-13H,1-2H3. The van der Waals surface area contributed by atoms with E-state index < -0.39 is 10.0 Å². The Morgan fingerprint density at radius 2 is 1.48 bits per heavy atom. The minimum Gasteiger partial charge on any atom is -0.243 e. The summed E-state index contributed by atoms with van der Waals surface area (Å²) in [6.07, 6.45) is 0. The lowest BCUT2D eigenvalue weighted by atomic mass is 10.2. The molecule has 0 saturated carbocycles. The number of thiophene rings is 1. The fourth-order valence-corrected chi connectivity index (χ4v) is 4.49. The zero-order chi connectivity index (χ0) is 16.4. The maximum absolute atomic E-state index is 12.7. The molecule has 3 aromatic rings. The molecule has 3 nitrogen and oxygen atoms in total. The third-order valence-corrected chi connectivity index (χ3v) is 6.08. The van der Waals surface area contributed by atoms with Crippen LogP contribution >= 0.6 is 11.3 Å². The Bertz CT molecular complexity index is 964. The maximum Gasteiger partial charge on any atom is 0.268 e. The van der Waals surface area contributed by atoms with E-state index in [0.717, 1.165) is 11.1 Å². The van der Waals surface area contributed by atoms with Gasteiger partial charge < -0.3 is 0 Å². The van der Waals surface area contributed by atoms with Crippen molar-refractivity contribution < 1.29 is 8.42 Å². The minimum absolute atomic E-state index is 0.265. The number of benzene rings is 1. The highest BCUT2D eigenvalue weighted by Crippen LogP contribution is 2.19. The van der Waals surface area contributed by atoms with Crippen LogP contribution < -0.4 is 0 Å². The van der Waals surface area contributed by atoms with E-state index in [1.807, 2.05) is 16.8 Å². The summed E-state index contributed by atoms with van der Waals surface area (Å²) >= 11 is 1.60. The quantitative estimate of drug-likeness (QED) is 0.665. The molecule has 116 valence electrons. The van der Waals surface area contributed by atoms with Crippen LogP contribution in [0.3, 0.4) is 0 Å². The normalized spacial score (nSPS) is 11.0. The number of aryl methyl sites for hydroxylation is 2. The van der Waals surface area contributed by atoms with Gasteiger partial charge in [-0.3, -0.25) is 0 Å². The molecular weight excluding hydrogens is 326 g/mol. The zero-order valence-electron chi connectivity index (χ0n) is 12.8. The van der Waals surface area contributed by atoms with E-state index in [2.05, 4.69) is 11.8 Å². The second-order valence-electron chi connectivity index (χ2n) is 5.17. The minimum atomic E-state index is -3.56. The van der Waals surface area contributed by atoms with Crippen LogP contribution in [0.5, 0.6) is 0 Å². The van der Waals surface area contributed by atoms with Crippen molar-refractivity contribution in [1.82, 2.24) is 3.97 Å². The van der Waals surface area contributed by atoms with Crippen molar-refractivity contribution in [3.8, 4) is 11.8 Å². The predicted octanol–water partition coefficient (Wildman–Crippen LogP) is 3.80. The second-order valence-corrected chi connectivity index (χ2v) is 7.74. The van der Waals surface area contributed by atoms with Crippen molar-refractivity contribution in [1.29, 1.82) is 0 Å². The van der Waals surface area contributed by atoms with Gasteiger partial charge in [0, 0.05) is 27.9 Å². The molecule has 0 radical (unpaired) electrons. The molecule has 0 amide bonds. The molecule has 0 N–H and O–H groups in total. The van der Waals surface area contributed by atoms with Gasteiger partial charge in [0.25, 0.3) is 10.0 Å². The SMILES string of the molecule is Cc1ccc(C)n1S(=O)(=O)c1ccc(C#Cc2ccsc2)cc1. The van der Waals surface area contributed by atoms with Crippen LogP contribution in [0.15, 0.2) is 58.1 Å². The maximum atomic E-state index is 12.7. The third kappa shape index (κ3) is 3.09.